The van der Waals surface area contributed by atoms with Gasteiger partial charge in [-0.2, -0.15) is 13.2 Å². The van der Waals surface area contributed by atoms with Gasteiger partial charge in [-0.1, -0.05) is 0 Å². The summed E-state index contributed by atoms with van der Waals surface area (Å²) in [5, 5.41) is 0. The zero-order valence-electron chi connectivity index (χ0n) is 5.83. The molecule has 5 heteroatoms. The van der Waals surface area contributed by atoms with Gasteiger partial charge in [0.2, 0.25) is 0 Å². The third-order valence-electron chi connectivity index (χ3n) is 1.44. The number of nitrogens with two attached hydrogens (primary N) is 1. The molecule has 0 aliphatic heterocycles. The van der Waals surface area contributed by atoms with Crippen LogP contribution in [0.25, 0.3) is 0 Å². The molecule has 0 saturated heterocycles. The van der Waals surface area contributed by atoms with Crippen LogP contribution >= 0.6 is 0 Å². The van der Waals surface area contributed by atoms with Crippen molar-refractivity contribution in [2.75, 3.05) is 13.7 Å². The Balaban J connectivity index is 4.33. The van der Waals surface area contributed by atoms with Crippen molar-refractivity contribution >= 4 is 0 Å². The molecular formula is C5H10F3NO. The second-order valence-electron chi connectivity index (χ2n) is 2.14. The third-order valence-corrected chi connectivity index (χ3v) is 1.44. The van der Waals surface area contributed by atoms with E-state index in [1.165, 1.54) is 0 Å². The average molecular weight is 157 g/mol. The van der Waals surface area contributed by atoms with Crippen LogP contribution in [0.5, 0.6) is 0 Å². The number of rotatable bonds is 2. The summed E-state index contributed by atoms with van der Waals surface area (Å²) in [6, 6.07) is 0. The van der Waals surface area contributed by atoms with Crippen LogP contribution in [0, 0.1) is 0 Å². The average Bonchev–Trinajstić information content (AvgIpc) is 1.84. The first-order chi connectivity index (χ1) is 4.37. The summed E-state index contributed by atoms with van der Waals surface area (Å²) < 4.78 is 39.9. The number of hydrogen-bond acceptors (Lipinski definition) is 2. The predicted molar refractivity (Wildman–Crippen MR) is 30.5 cm³/mol. The van der Waals surface area contributed by atoms with Crippen molar-refractivity contribution in [3.8, 4) is 0 Å². The molecule has 62 valence electrons. The minimum atomic E-state index is -4.39. The van der Waals surface area contributed by atoms with Crippen molar-refractivity contribution < 1.29 is 17.9 Å². The molecule has 0 rings (SSSR count). The van der Waals surface area contributed by atoms with Crippen LogP contribution in [0.15, 0.2) is 0 Å². The summed E-state index contributed by atoms with van der Waals surface area (Å²) in [6.45, 7) is 0.347. The van der Waals surface area contributed by atoms with E-state index in [4.69, 9.17) is 5.73 Å². The van der Waals surface area contributed by atoms with Gasteiger partial charge in [0.05, 0.1) is 0 Å². The summed E-state index contributed by atoms with van der Waals surface area (Å²) in [6.07, 6.45) is -4.39. The largest absolute Gasteiger partial charge is 0.418 e. The van der Waals surface area contributed by atoms with Crippen LogP contribution in [-0.2, 0) is 4.74 Å². The number of ether oxygens (including phenoxy) is 1. The summed E-state index contributed by atoms with van der Waals surface area (Å²) in [4.78, 5) is 0. The van der Waals surface area contributed by atoms with Crippen LogP contribution in [0.2, 0.25) is 0 Å². The van der Waals surface area contributed by atoms with E-state index in [1.54, 1.807) is 0 Å². The quantitative estimate of drug-likeness (QED) is 0.646. The molecule has 0 amide bonds. The normalized spacial score (nSPS) is 18.6. The van der Waals surface area contributed by atoms with E-state index in [2.05, 4.69) is 4.74 Å². The lowest BCUT2D eigenvalue weighted by Crippen LogP contribution is -2.50. The first-order valence-corrected chi connectivity index (χ1v) is 2.69. The van der Waals surface area contributed by atoms with Gasteiger partial charge in [0.15, 0.2) is 5.60 Å². The summed E-state index contributed by atoms with van der Waals surface area (Å²) in [7, 11) is 0.986. The second-order valence-corrected chi connectivity index (χ2v) is 2.14. The fourth-order valence-corrected chi connectivity index (χ4v) is 0.315. The second kappa shape index (κ2) is 2.75. The first kappa shape index (κ1) is 9.71. The van der Waals surface area contributed by atoms with E-state index in [0.29, 0.717) is 0 Å². The van der Waals surface area contributed by atoms with E-state index in [-0.39, 0.29) is 0 Å². The van der Waals surface area contributed by atoms with Crippen LogP contribution in [-0.4, -0.2) is 25.4 Å². The maximum atomic E-state index is 11.9. The third kappa shape index (κ3) is 1.60. The Labute approximate surface area is 57.1 Å². The minimum absolute atomic E-state index is 0.562. The number of alkyl halides is 3. The monoisotopic (exact) mass is 157 g/mol. The van der Waals surface area contributed by atoms with Crippen molar-refractivity contribution in [2.24, 2.45) is 5.73 Å². The number of methoxy groups -OCH3 is 1. The van der Waals surface area contributed by atoms with Gasteiger partial charge in [-0.3, -0.25) is 0 Å². The van der Waals surface area contributed by atoms with Gasteiger partial charge in [0.25, 0.3) is 0 Å². The molecule has 0 heterocycles. The zero-order chi connectivity index (χ0) is 8.41. The zero-order valence-corrected chi connectivity index (χ0v) is 5.83. The van der Waals surface area contributed by atoms with Crippen molar-refractivity contribution in [1.82, 2.24) is 0 Å². The van der Waals surface area contributed by atoms with Gasteiger partial charge in [-0.25, -0.2) is 0 Å². The molecule has 0 aromatic carbocycles. The standard InChI is InChI=1S/C5H10F3NO/c1-4(3-9,10-2)5(6,7)8/h3,9H2,1-2H3. The van der Waals surface area contributed by atoms with Gasteiger partial charge in [0.1, 0.15) is 0 Å². The Kier molecular flexibility index (Phi) is 2.67. The minimum Gasteiger partial charge on any atom is -0.368 e. The fraction of sp³-hybridized carbons (Fsp3) is 1.00. The first-order valence-electron chi connectivity index (χ1n) is 2.69. The van der Waals surface area contributed by atoms with Gasteiger partial charge < -0.3 is 10.5 Å². The molecule has 0 radical (unpaired) electrons. The molecule has 1 atom stereocenters. The molecule has 0 aliphatic carbocycles. The van der Waals surface area contributed by atoms with Crippen molar-refractivity contribution in [2.45, 2.75) is 18.7 Å². The Bertz CT molecular complexity index is 108. The summed E-state index contributed by atoms with van der Waals surface area (Å²) >= 11 is 0. The highest BCUT2D eigenvalue weighted by atomic mass is 19.4. The maximum absolute atomic E-state index is 11.9. The Morgan fingerprint density at radius 2 is 1.80 bits per heavy atom. The molecule has 0 aliphatic rings. The van der Waals surface area contributed by atoms with Gasteiger partial charge >= 0.3 is 6.18 Å². The highest BCUT2D eigenvalue weighted by molar-refractivity contribution is 4.83. The molecule has 10 heavy (non-hydrogen) atoms. The highest BCUT2D eigenvalue weighted by Gasteiger charge is 2.50. The van der Waals surface area contributed by atoms with Crippen molar-refractivity contribution in [1.29, 1.82) is 0 Å². The van der Waals surface area contributed by atoms with Crippen molar-refractivity contribution in [3.05, 3.63) is 0 Å². The topological polar surface area (TPSA) is 35.2 Å². The molecule has 1 unspecified atom stereocenters. The van der Waals surface area contributed by atoms with Crippen molar-refractivity contribution in [3.63, 3.8) is 0 Å². The Hall–Kier alpha value is -0.290. The lowest BCUT2D eigenvalue weighted by molar-refractivity contribution is -0.258. The van der Waals surface area contributed by atoms with Crippen LogP contribution in [0.1, 0.15) is 6.92 Å². The molecule has 2 nitrogen and oxygen atoms in total. The summed E-state index contributed by atoms with van der Waals surface area (Å²) in [5.41, 5.74) is 2.66. The molecule has 0 saturated carbocycles. The summed E-state index contributed by atoms with van der Waals surface area (Å²) in [5.74, 6) is 0. The SMILES string of the molecule is COC(C)(CN)C(F)(F)F. The molecular weight excluding hydrogens is 147 g/mol. The Morgan fingerprint density at radius 1 is 1.40 bits per heavy atom. The van der Waals surface area contributed by atoms with Gasteiger partial charge in [-0.15, -0.1) is 0 Å². The van der Waals surface area contributed by atoms with Crippen LogP contribution in [0.3, 0.4) is 0 Å². The molecule has 0 fully saturated rings. The molecule has 0 aromatic rings. The molecule has 0 bridgehead atoms. The molecule has 0 spiro atoms. The predicted octanol–water partition coefficient (Wildman–Crippen LogP) is 0.912. The molecule has 0 aromatic heterocycles. The maximum Gasteiger partial charge on any atom is 0.418 e. The van der Waals surface area contributed by atoms with Gasteiger partial charge in [-0.05, 0) is 6.92 Å². The van der Waals surface area contributed by atoms with E-state index in [9.17, 15) is 13.2 Å². The number of halogens is 3. The lowest BCUT2D eigenvalue weighted by Gasteiger charge is -2.28. The smallest absolute Gasteiger partial charge is 0.368 e. The fourth-order valence-electron chi connectivity index (χ4n) is 0.315. The van der Waals surface area contributed by atoms with E-state index < -0.39 is 18.3 Å². The highest BCUT2D eigenvalue weighted by Crippen LogP contribution is 2.31. The van der Waals surface area contributed by atoms with Crippen LogP contribution < -0.4 is 5.73 Å². The van der Waals surface area contributed by atoms with Gasteiger partial charge in [0, 0.05) is 13.7 Å². The van der Waals surface area contributed by atoms with E-state index in [1.807, 2.05) is 0 Å². The number of hydrogen-bond donors (Lipinski definition) is 1. The molecule has 2 N–H and O–H groups in total. The lowest BCUT2D eigenvalue weighted by atomic mass is 10.1. The van der Waals surface area contributed by atoms with E-state index in [0.717, 1.165) is 14.0 Å². The van der Waals surface area contributed by atoms with E-state index >= 15 is 0 Å². The Morgan fingerprint density at radius 3 is 1.80 bits per heavy atom. The van der Waals surface area contributed by atoms with Crippen LogP contribution in [0.4, 0.5) is 13.2 Å².